The lowest BCUT2D eigenvalue weighted by Gasteiger charge is -2.28. The van der Waals surface area contributed by atoms with Crippen molar-refractivity contribution < 1.29 is 28.5 Å². The van der Waals surface area contributed by atoms with Crippen molar-refractivity contribution >= 4 is 17.6 Å². The van der Waals surface area contributed by atoms with Gasteiger partial charge in [-0.15, -0.1) is 0 Å². The maximum Gasteiger partial charge on any atom is 0.349 e. The number of hydrogen-bond donors (Lipinski definition) is 1. The number of methoxy groups -OCH3 is 2. The lowest BCUT2D eigenvalue weighted by Crippen LogP contribution is -2.22. The van der Waals surface area contributed by atoms with Gasteiger partial charge in [-0.25, -0.2) is 4.79 Å². The lowest BCUT2D eigenvalue weighted by molar-refractivity contribution is -0.136. The number of ether oxygens (including phenoxy) is 5. The number of nitriles is 1. The van der Waals surface area contributed by atoms with Crippen LogP contribution in [0, 0.1) is 11.3 Å². The minimum atomic E-state index is -0.632. The molecule has 1 aliphatic heterocycles. The van der Waals surface area contributed by atoms with Gasteiger partial charge in [0.15, 0.2) is 18.1 Å². The number of benzene rings is 3. The van der Waals surface area contributed by atoms with Crippen molar-refractivity contribution in [3.8, 4) is 34.8 Å². The third kappa shape index (κ3) is 4.81. The van der Waals surface area contributed by atoms with Gasteiger partial charge in [-0.05, 0) is 24.3 Å². The first-order valence-corrected chi connectivity index (χ1v) is 10.8. The molecule has 0 bridgehead atoms. The van der Waals surface area contributed by atoms with Crippen LogP contribution < -0.4 is 29.4 Å². The zero-order valence-corrected chi connectivity index (χ0v) is 19.7. The fraction of sp³-hybridized carbons (Fsp3) is 0.154. The molecule has 1 unspecified atom stereocenters. The van der Waals surface area contributed by atoms with E-state index in [1.54, 1.807) is 48.5 Å². The first-order valence-electron chi connectivity index (χ1n) is 10.5. The molecular formula is C26H21ClN2O6. The van der Waals surface area contributed by atoms with E-state index in [1.165, 1.54) is 20.3 Å². The van der Waals surface area contributed by atoms with Gasteiger partial charge in [-0.3, -0.25) is 0 Å². The Balaban J connectivity index is 1.62. The zero-order valence-electron chi connectivity index (χ0n) is 18.9. The Morgan fingerprint density at radius 3 is 2.54 bits per heavy atom. The Morgan fingerprint density at radius 2 is 1.83 bits per heavy atom. The SMILES string of the molecule is COc1cccc(C2C(C#N)=C(N)Oc3cc(OC(=O)COc4ccccc4Cl)ccc32)c1OC. The quantitative estimate of drug-likeness (QED) is 0.377. The number of nitrogens with zero attached hydrogens (tertiary/aromatic N) is 1. The molecule has 3 aromatic rings. The number of hydrogen-bond acceptors (Lipinski definition) is 8. The fourth-order valence-electron chi connectivity index (χ4n) is 3.82. The molecule has 0 aliphatic carbocycles. The summed E-state index contributed by atoms with van der Waals surface area (Å²) in [5.74, 6) is 0.653. The topological polar surface area (TPSA) is 113 Å². The lowest BCUT2D eigenvalue weighted by atomic mass is 9.83. The predicted octanol–water partition coefficient (Wildman–Crippen LogP) is 4.56. The van der Waals surface area contributed by atoms with Crippen molar-refractivity contribution in [3.05, 3.63) is 88.3 Å². The van der Waals surface area contributed by atoms with E-state index in [-0.39, 0.29) is 23.8 Å². The van der Waals surface area contributed by atoms with Crippen LogP contribution in [0.1, 0.15) is 17.0 Å². The third-order valence-electron chi connectivity index (χ3n) is 5.35. The van der Waals surface area contributed by atoms with Gasteiger partial charge in [-0.2, -0.15) is 5.26 Å². The number of fused-ring (bicyclic) bond motifs is 1. The second-order valence-electron chi connectivity index (χ2n) is 7.40. The molecule has 0 fully saturated rings. The monoisotopic (exact) mass is 492 g/mol. The molecule has 1 heterocycles. The summed E-state index contributed by atoms with van der Waals surface area (Å²) in [5, 5.41) is 10.2. The number of allylic oxidation sites excluding steroid dienone is 1. The summed E-state index contributed by atoms with van der Waals surface area (Å²) in [6, 6.07) is 19.2. The van der Waals surface area contributed by atoms with Crippen molar-refractivity contribution in [2.24, 2.45) is 5.73 Å². The second kappa shape index (κ2) is 10.3. The van der Waals surface area contributed by atoms with Crippen molar-refractivity contribution in [1.29, 1.82) is 5.26 Å². The summed E-state index contributed by atoms with van der Waals surface area (Å²) in [4.78, 5) is 12.3. The Bertz CT molecular complexity index is 1350. The molecule has 9 heteroatoms. The summed E-state index contributed by atoms with van der Waals surface area (Å²) in [7, 11) is 3.05. The molecule has 0 radical (unpaired) electrons. The summed E-state index contributed by atoms with van der Waals surface area (Å²) in [6.07, 6.45) is 0. The maximum atomic E-state index is 12.3. The van der Waals surface area contributed by atoms with E-state index >= 15 is 0 Å². The van der Waals surface area contributed by atoms with Crippen molar-refractivity contribution in [1.82, 2.24) is 0 Å². The molecule has 0 saturated heterocycles. The van der Waals surface area contributed by atoms with Gasteiger partial charge < -0.3 is 29.4 Å². The molecular weight excluding hydrogens is 472 g/mol. The van der Waals surface area contributed by atoms with E-state index in [4.69, 9.17) is 41.0 Å². The predicted molar refractivity (Wildman–Crippen MR) is 128 cm³/mol. The normalized spacial score (nSPS) is 14.3. The van der Waals surface area contributed by atoms with Crippen LogP contribution in [-0.4, -0.2) is 26.8 Å². The summed E-state index contributed by atoms with van der Waals surface area (Å²) in [5.41, 5.74) is 7.64. The van der Waals surface area contributed by atoms with Crippen LogP contribution in [0.2, 0.25) is 5.02 Å². The van der Waals surface area contributed by atoms with E-state index < -0.39 is 11.9 Å². The number of nitrogens with two attached hydrogens (primary N) is 1. The molecule has 35 heavy (non-hydrogen) atoms. The Morgan fingerprint density at radius 1 is 1.06 bits per heavy atom. The Labute approximate surface area is 207 Å². The highest BCUT2D eigenvalue weighted by molar-refractivity contribution is 6.32. The molecule has 8 nitrogen and oxygen atoms in total. The number of carbonyl (C=O) groups is 1. The number of rotatable bonds is 7. The maximum absolute atomic E-state index is 12.3. The van der Waals surface area contributed by atoms with Crippen molar-refractivity contribution in [2.75, 3.05) is 20.8 Å². The van der Waals surface area contributed by atoms with E-state index in [9.17, 15) is 10.1 Å². The van der Waals surface area contributed by atoms with Gasteiger partial charge in [0.1, 0.15) is 28.9 Å². The van der Waals surface area contributed by atoms with Crippen LogP contribution in [0.25, 0.3) is 0 Å². The van der Waals surface area contributed by atoms with Crippen molar-refractivity contribution in [3.63, 3.8) is 0 Å². The Hall–Kier alpha value is -4.35. The number of halogens is 1. The van der Waals surface area contributed by atoms with Crippen LogP contribution in [0.15, 0.2) is 72.1 Å². The molecule has 0 aromatic heterocycles. The van der Waals surface area contributed by atoms with Crippen LogP contribution >= 0.6 is 11.6 Å². The smallest absolute Gasteiger partial charge is 0.349 e. The van der Waals surface area contributed by atoms with Crippen LogP contribution in [-0.2, 0) is 4.79 Å². The van der Waals surface area contributed by atoms with Crippen LogP contribution in [0.5, 0.6) is 28.7 Å². The fourth-order valence-corrected chi connectivity index (χ4v) is 4.01. The van der Waals surface area contributed by atoms with Gasteiger partial charge in [0.2, 0.25) is 5.88 Å². The highest BCUT2D eigenvalue weighted by Crippen LogP contribution is 2.47. The standard InChI is InChI=1S/C26H21ClN2O6/c1-31-21-9-5-6-17(25(21)32-2)24-16-11-10-15(12-22(16)35-26(29)18(24)13-28)34-23(30)14-33-20-8-4-3-7-19(20)27/h3-12,24H,14,29H2,1-2H3. The zero-order chi connectivity index (χ0) is 24.9. The average molecular weight is 493 g/mol. The largest absolute Gasteiger partial charge is 0.493 e. The molecule has 0 amide bonds. The van der Waals surface area contributed by atoms with E-state index in [0.29, 0.717) is 39.1 Å². The van der Waals surface area contributed by atoms with E-state index in [0.717, 1.165) is 0 Å². The van der Waals surface area contributed by atoms with Gasteiger partial charge in [-0.1, -0.05) is 41.9 Å². The molecule has 178 valence electrons. The highest BCUT2D eigenvalue weighted by Gasteiger charge is 2.33. The molecule has 1 aliphatic rings. The Kier molecular flexibility index (Phi) is 6.99. The molecule has 0 saturated carbocycles. The molecule has 3 aromatic carbocycles. The average Bonchev–Trinajstić information content (AvgIpc) is 2.86. The number of esters is 1. The minimum Gasteiger partial charge on any atom is -0.493 e. The molecule has 2 N–H and O–H groups in total. The molecule has 4 rings (SSSR count). The number of para-hydroxylation sites is 2. The second-order valence-corrected chi connectivity index (χ2v) is 7.81. The van der Waals surface area contributed by atoms with Crippen molar-refractivity contribution in [2.45, 2.75) is 5.92 Å². The van der Waals surface area contributed by atoms with Gasteiger partial charge in [0.05, 0.1) is 25.2 Å². The first kappa shape index (κ1) is 23.8. The number of carbonyl (C=O) groups excluding carboxylic acids is 1. The van der Waals surface area contributed by atoms with Gasteiger partial charge in [0, 0.05) is 17.2 Å². The first-order chi connectivity index (χ1) is 17.0. The summed E-state index contributed by atoms with van der Waals surface area (Å²) in [6.45, 7) is -0.341. The van der Waals surface area contributed by atoms with Crippen LogP contribution in [0.3, 0.4) is 0 Å². The summed E-state index contributed by atoms with van der Waals surface area (Å²) >= 11 is 6.04. The summed E-state index contributed by atoms with van der Waals surface area (Å²) < 4.78 is 27.5. The van der Waals surface area contributed by atoms with E-state index in [1.807, 2.05) is 6.07 Å². The molecule has 1 atom stereocenters. The highest BCUT2D eigenvalue weighted by atomic mass is 35.5. The minimum absolute atomic E-state index is 0.0552. The van der Waals surface area contributed by atoms with Gasteiger partial charge in [0.25, 0.3) is 0 Å². The molecule has 0 spiro atoms. The third-order valence-corrected chi connectivity index (χ3v) is 5.66. The van der Waals surface area contributed by atoms with Crippen LogP contribution in [0.4, 0.5) is 0 Å². The van der Waals surface area contributed by atoms with E-state index in [2.05, 4.69) is 6.07 Å². The van der Waals surface area contributed by atoms with Gasteiger partial charge >= 0.3 is 5.97 Å².